The predicted molar refractivity (Wildman–Crippen MR) is 104 cm³/mol. The van der Waals surface area contributed by atoms with Gasteiger partial charge < -0.3 is 10.8 Å². The Kier molecular flexibility index (Phi) is 13.9. The van der Waals surface area contributed by atoms with Gasteiger partial charge in [0, 0.05) is 6.42 Å². The van der Waals surface area contributed by atoms with E-state index in [1.807, 2.05) is 6.92 Å². The van der Waals surface area contributed by atoms with E-state index in [9.17, 15) is 13.2 Å². The Balaban J connectivity index is 0.000000590. The Labute approximate surface area is 157 Å². The lowest BCUT2D eigenvalue weighted by atomic mass is 10.2. The summed E-state index contributed by atoms with van der Waals surface area (Å²) in [4.78, 5) is 10.2. The van der Waals surface area contributed by atoms with Crippen molar-refractivity contribution in [1.82, 2.24) is 0 Å². The number of carboxylic acid groups (broad SMARTS) is 1. The topological polar surface area (TPSA) is 107 Å². The van der Waals surface area contributed by atoms with Gasteiger partial charge in [0.1, 0.15) is 0 Å². The molecule has 6 nitrogen and oxygen atoms in total. The first-order chi connectivity index (χ1) is 12.3. The molecule has 0 aliphatic carbocycles. The zero-order valence-electron chi connectivity index (χ0n) is 15.9. The van der Waals surface area contributed by atoms with Crippen LogP contribution in [-0.4, -0.2) is 32.6 Å². The summed E-state index contributed by atoms with van der Waals surface area (Å²) in [6.07, 6.45) is 6.96. The van der Waals surface area contributed by atoms with E-state index >= 15 is 0 Å². The lowest BCUT2D eigenvalue weighted by Gasteiger charge is -2.05. The fourth-order valence-corrected chi connectivity index (χ4v) is 3.01. The number of aliphatic carboxylic acids is 1. The lowest BCUT2D eigenvalue weighted by molar-refractivity contribution is -0.137. The molecule has 0 radical (unpaired) electrons. The van der Waals surface area contributed by atoms with Crippen molar-refractivity contribution < 1.29 is 22.5 Å². The molecule has 0 fully saturated rings. The van der Waals surface area contributed by atoms with E-state index in [1.54, 1.807) is 24.3 Å². The van der Waals surface area contributed by atoms with E-state index in [4.69, 9.17) is 15.0 Å². The molecule has 26 heavy (non-hydrogen) atoms. The van der Waals surface area contributed by atoms with Crippen LogP contribution in [0.4, 0.5) is 0 Å². The van der Waals surface area contributed by atoms with Gasteiger partial charge in [-0.3, -0.25) is 8.98 Å². The molecule has 3 N–H and O–H groups in total. The van der Waals surface area contributed by atoms with Gasteiger partial charge in [0.05, 0.1) is 11.5 Å². The number of nitrogens with two attached hydrogens (primary N) is 1. The SMILES string of the molecule is CCCCCCOS(=O)(=O)c1ccc(C)cc1.NCCCCCC(=O)O. The molecule has 0 amide bonds. The highest BCUT2D eigenvalue weighted by Gasteiger charge is 2.13. The van der Waals surface area contributed by atoms with Crippen molar-refractivity contribution in [3.05, 3.63) is 29.8 Å². The standard InChI is InChI=1S/C13H20O3S.C6H13NO2/c1-3-4-5-6-11-16-17(14,15)13-9-7-12(2)8-10-13;7-5-3-1-2-4-6(8)9/h7-10H,3-6,11H2,1-2H3;1-5,7H2,(H,8,9). The van der Waals surface area contributed by atoms with Crippen molar-refractivity contribution in [2.75, 3.05) is 13.2 Å². The third-order valence-electron chi connectivity index (χ3n) is 3.64. The van der Waals surface area contributed by atoms with Crippen molar-refractivity contribution >= 4 is 16.1 Å². The van der Waals surface area contributed by atoms with Crippen LogP contribution in [0.25, 0.3) is 0 Å². The minimum atomic E-state index is -3.56. The minimum Gasteiger partial charge on any atom is -0.481 e. The van der Waals surface area contributed by atoms with E-state index in [1.165, 1.54) is 0 Å². The van der Waals surface area contributed by atoms with Crippen molar-refractivity contribution in [2.24, 2.45) is 5.73 Å². The largest absolute Gasteiger partial charge is 0.481 e. The summed E-state index contributed by atoms with van der Waals surface area (Å²) in [6.45, 7) is 4.97. The summed E-state index contributed by atoms with van der Waals surface area (Å²) < 4.78 is 28.5. The van der Waals surface area contributed by atoms with Crippen LogP contribution in [0, 0.1) is 6.92 Å². The second-order valence-corrected chi connectivity index (χ2v) is 7.76. The number of rotatable bonds is 12. The van der Waals surface area contributed by atoms with Crippen molar-refractivity contribution in [1.29, 1.82) is 0 Å². The number of hydrogen-bond acceptors (Lipinski definition) is 5. The molecule has 0 saturated heterocycles. The number of carbonyl (C=O) groups is 1. The smallest absolute Gasteiger partial charge is 0.303 e. The fraction of sp³-hybridized carbons (Fsp3) is 0.632. The molecule has 7 heteroatoms. The lowest BCUT2D eigenvalue weighted by Crippen LogP contribution is -2.07. The van der Waals surface area contributed by atoms with Crippen LogP contribution >= 0.6 is 0 Å². The molecule has 150 valence electrons. The zero-order chi connectivity index (χ0) is 19.8. The number of carboxylic acids is 1. The number of unbranched alkanes of at least 4 members (excludes halogenated alkanes) is 5. The van der Waals surface area contributed by atoms with E-state index in [0.717, 1.165) is 50.5 Å². The first-order valence-corrected chi connectivity index (χ1v) is 10.6. The first-order valence-electron chi connectivity index (χ1n) is 9.21. The average Bonchev–Trinajstić information content (AvgIpc) is 2.59. The van der Waals surface area contributed by atoms with Crippen LogP contribution < -0.4 is 5.73 Å². The molecule has 0 unspecified atom stereocenters. The Morgan fingerprint density at radius 2 is 1.65 bits per heavy atom. The Morgan fingerprint density at radius 1 is 1.04 bits per heavy atom. The number of benzene rings is 1. The van der Waals surface area contributed by atoms with Crippen LogP contribution in [0.2, 0.25) is 0 Å². The highest BCUT2D eigenvalue weighted by molar-refractivity contribution is 7.86. The fourth-order valence-electron chi connectivity index (χ4n) is 2.07. The number of aryl methyl sites for hydroxylation is 1. The van der Waals surface area contributed by atoms with Crippen LogP contribution in [0.5, 0.6) is 0 Å². The van der Waals surface area contributed by atoms with E-state index in [2.05, 4.69) is 6.92 Å². The summed E-state index contributed by atoms with van der Waals surface area (Å²) in [6, 6.07) is 6.70. The molecule has 0 aliphatic heterocycles. The Bertz CT molecular complexity index is 584. The molecular weight excluding hydrogens is 354 g/mol. The van der Waals surface area contributed by atoms with Crippen molar-refractivity contribution in [3.8, 4) is 0 Å². The van der Waals surface area contributed by atoms with Gasteiger partial charge in [0.15, 0.2) is 0 Å². The normalized spacial score (nSPS) is 10.9. The highest BCUT2D eigenvalue weighted by Crippen LogP contribution is 2.13. The molecule has 0 atom stereocenters. The van der Waals surface area contributed by atoms with Gasteiger partial charge >= 0.3 is 5.97 Å². The Hall–Kier alpha value is -1.44. The number of hydrogen-bond donors (Lipinski definition) is 2. The molecule has 1 aromatic rings. The molecule has 0 heterocycles. The molecule has 0 spiro atoms. The maximum Gasteiger partial charge on any atom is 0.303 e. The third-order valence-corrected chi connectivity index (χ3v) is 4.97. The molecule has 0 aromatic heterocycles. The van der Waals surface area contributed by atoms with Gasteiger partial charge in [-0.05, 0) is 44.9 Å². The van der Waals surface area contributed by atoms with Gasteiger partial charge in [-0.2, -0.15) is 8.42 Å². The molecule has 0 saturated carbocycles. The summed E-state index contributed by atoms with van der Waals surface area (Å²) in [5.41, 5.74) is 6.23. The molecule has 0 aliphatic rings. The summed E-state index contributed by atoms with van der Waals surface area (Å²) >= 11 is 0. The van der Waals surface area contributed by atoms with Crippen LogP contribution in [0.1, 0.15) is 63.9 Å². The van der Waals surface area contributed by atoms with Crippen molar-refractivity contribution in [2.45, 2.75) is 70.1 Å². The maximum absolute atomic E-state index is 11.8. The van der Waals surface area contributed by atoms with Gasteiger partial charge in [-0.15, -0.1) is 0 Å². The minimum absolute atomic E-state index is 0.235. The average molecular weight is 388 g/mol. The zero-order valence-corrected chi connectivity index (χ0v) is 16.8. The van der Waals surface area contributed by atoms with Gasteiger partial charge in [0.2, 0.25) is 0 Å². The van der Waals surface area contributed by atoms with E-state index in [-0.39, 0.29) is 17.9 Å². The summed E-state index contributed by atoms with van der Waals surface area (Å²) in [5, 5.41) is 8.18. The highest BCUT2D eigenvalue weighted by atomic mass is 32.2. The third kappa shape index (κ3) is 12.9. The maximum atomic E-state index is 11.8. The van der Waals surface area contributed by atoms with Gasteiger partial charge in [0.25, 0.3) is 10.1 Å². The summed E-state index contributed by atoms with van der Waals surface area (Å²) in [5.74, 6) is -0.716. The van der Waals surface area contributed by atoms with Crippen LogP contribution in [-0.2, 0) is 19.1 Å². The molecular formula is C19H33NO5S. The van der Waals surface area contributed by atoms with Crippen LogP contribution in [0.3, 0.4) is 0 Å². The summed E-state index contributed by atoms with van der Waals surface area (Å²) in [7, 11) is -3.56. The first kappa shape index (κ1) is 24.6. The van der Waals surface area contributed by atoms with E-state index in [0.29, 0.717) is 6.54 Å². The van der Waals surface area contributed by atoms with Crippen molar-refractivity contribution in [3.63, 3.8) is 0 Å². The second kappa shape index (κ2) is 14.7. The second-order valence-electron chi connectivity index (χ2n) is 6.14. The predicted octanol–water partition coefficient (Wildman–Crippen LogP) is 3.87. The van der Waals surface area contributed by atoms with Crippen LogP contribution in [0.15, 0.2) is 29.2 Å². The molecule has 0 bridgehead atoms. The van der Waals surface area contributed by atoms with Gasteiger partial charge in [-0.1, -0.05) is 50.3 Å². The van der Waals surface area contributed by atoms with E-state index < -0.39 is 16.1 Å². The molecule has 1 aromatic carbocycles. The monoisotopic (exact) mass is 387 g/mol. The quantitative estimate of drug-likeness (QED) is 0.416. The molecule has 1 rings (SSSR count). The van der Waals surface area contributed by atoms with Gasteiger partial charge in [-0.25, -0.2) is 0 Å². The Morgan fingerprint density at radius 3 is 2.19 bits per heavy atom.